The SMILES string of the molecule is CCOC(=O)c1sc(NC(=O)C(F)Oc2ccc(Cl)cc2)nc1C(C)C. The Morgan fingerprint density at radius 2 is 1.96 bits per heavy atom. The zero-order valence-corrected chi connectivity index (χ0v) is 16.0. The molecule has 0 aliphatic carbocycles. The molecule has 0 radical (unpaired) electrons. The minimum atomic E-state index is -2.24. The van der Waals surface area contributed by atoms with Gasteiger partial charge in [0.2, 0.25) is 0 Å². The van der Waals surface area contributed by atoms with Crippen LogP contribution in [0.1, 0.15) is 42.1 Å². The van der Waals surface area contributed by atoms with E-state index >= 15 is 0 Å². The third-order valence-electron chi connectivity index (χ3n) is 3.15. The van der Waals surface area contributed by atoms with Crippen molar-refractivity contribution in [2.75, 3.05) is 11.9 Å². The van der Waals surface area contributed by atoms with Gasteiger partial charge in [0, 0.05) is 5.02 Å². The number of carbonyl (C=O) groups is 2. The van der Waals surface area contributed by atoms with Gasteiger partial charge in [-0.2, -0.15) is 4.39 Å². The van der Waals surface area contributed by atoms with Crippen molar-refractivity contribution in [3.63, 3.8) is 0 Å². The van der Waals surface area contributed by atoms with Crippen LogP contribution in [0.4, 0.5) is 9.52 Å². The molecule has 2 aromatic rings. The lowest BCUT2D eigenvalue weighted by Gasteiger charge is -2.10. The third-order valence-corrected chi connectivity index (χ3v) is 4.37. The summed E-state index contributed by atoms with van der Waals surface area (Å²) in [6.07, 6.45) is -2.24. The van der Waals surface area contributed by atoms with E-state index in [0.717, 1.165) is 11.3 Å². The highest BCUT2D eigenvalue weighted by molar-refractivity contribution is 7.17. The Bertz CT molecular complexity index is 780. The van der Waals surface area contributed by atoms with Crippen molar-refractivity contribution in [1.82, 2.24) is 4.98 Å². The van der Waals surface area contributed by atoms with Gasteiger partial charge in [-0.15, -0.1) is 0 Å². The molecule has 6 nitrogen and oxygen atoms in total. The van der Waals surface area contributed by atoms with Crippen molar-refractivity contribution in [3.8, 4) is 5.75 Å². The van der Waals surface area contributed by atoms with Crippen LogP contribution in [-0.2, 0) is 9.53 Å². The molecule has 26 heavy (non-hydrogen) atoms. The number of aromatic nitrogens is 1. The summed E-state index contributed by atoms with van der Waals surface area (Å²) >= 11 is 6.67. The highest BCUT2D eigenvalue weighted by atomic mass is 35.5. The number of alkyl halides is 1. The Hall–Kier alpha value is -2.19. The molecule has 0 saturated carbocycles. The van der Waals surface area contributed by atoms with Crippen LogP contribution < -0.4 is 10.1 Å². The summed E-state index contributed by atoms with van der Waals surface area (Å²) in [6.45, 7) is 5.62. The standard InChI is InChI=1S/C17H18ClFN2O4S/c1-4-24-16(23)13-12(9(2)3)20-17(26-13)21-15(22)14(19)25-11-7-5-10(18)6-8-11/h5-9,14H,4H2,1-3H3,(H,20,21,22). The van der Waals surface area contributed by atoms with Gasteiger partial charge in [-0.3, -0.25) is 10.1 Å². The number of hydrogen-bond donors (Lipinski definition) is 1. The van der Waals surface area contributed by atoms with Crippen LogP contribution in [0.5, 0.6) is 5.75 Å². The Balaban J connectivity index is 2.09. The second kappa shape index (κ2) is 8.95. The Labute approximate surface area is 159 Å². The minimum absolute atomic E-state index is 0.0669. The van der Waals surface area contributed by atoms with Gasteiger partial charge in [-0.1, -0.05) is 36.8 Å². The fourth-order valence-corrected chi connectivity index (χ4v) is 3.11. The Morgan fingerprint density at radius 1 is 1.31 bits per heavy atom. The van der Waals surface area contributed by atoms with Crippen molar-refractivity contribution in [2.45, 2.75) is 33.0 Å². The van der Waals surface area contributed by atoms with E-state index in [-0.39, 0.29) is 28.3 Å². The van der Waals surface area contributed by atoms with E-state index in [1.807, 2.05) is 13.8 Å². The van der Waals surface area contributed by atoms with Crippen LogP contribution in [-0.4, -0.2) is 29.8 Å². The number of carbonyl (C=O) groups excluding carboxylic acids is 2. The number of amides is 1. The molecule has 1 aromatic carbocycles. The van der Waals surface area contributed by atoms with Crippen molar-refractivity contribution in [3.05, 3.63) is 39.9 Å². The first-order valence-corrected chi connectivity index (χ1v) is 9.06. The molecule has 1 heterocycles. The molecule has 0 fully saturated rings. The fraction of sp³-hybridized carbons (Fsp3) is 0.353. The number of ether oxygens (including phenoxy) is 2. The van der Waals surface area contributed by atoms with Gasteiger partial charge in [0.05, 0.1) is 12.3 Å². The quantitative estimate of drug-likeness (QED) is 0.696. The van der Waals surface area contributed by atoms with Crippen LogP contribution in [0.25, 0.3) is 0 Å². The van der Waals surface area contributed by atoms with Gasteiger partial charge in [0.15, 0.2) is 5.13 Å². The number of nitrogens with zero attached hydrogens (tertiary/aromatic N) is 1. The average molecular weight is 401 g/mol. The summed E-state index contributed by atoms with van der Waals surface area (Å²) < 4.78 is 23.9. The maximum Gasteiger partial charge on any atom is 0.350 e. The van der Waals surface area contributed by atoms with Crippen molar-refractivity contribution < 1.29 is 23.5 Å². The summed E-state index contributed by atoms with van der Waals surface area (Å²) in [6, 6.07) is 5.92. The molecule has 1 unspecified atom stereocenters. The fourth-order valence-electron chi connectivity index (χ4n) is 1.97. The molecule has 0 aliphatic rings. The summed E-state index contributed by atoms with van der Waals surface area (Å²) in [7, 11) is 0. The topological polar surface area (TPSA) is 77.5 Å². The van der Waals surface area contributed by atoms with E-state index in [1.54, 1.807) is 6.92 Å². The van der Waals surface area contributed by atoms with E-state index in [9.17, 15) is 14.0 Å². The number of anilines is 1. The number of nitrogens with one attached hydrogen (secondary N) is 1. The van der Waals surface area contributed by atoms with Crippen molar-refractivity contribution in [2.24, 2.45) is 0 Å². The van der Waals surface area contributed by atoms with Crippen molar-refractivity contribution in [1.29, 1.82) is 0 Å². The Morgan fingerprint density at radius 3 is 2.54 bits per heavy atom. The highest BCUT2D eigenvalue weighted by Crippen LogP contribution is 2.29. The van der Waals surface area contributed by atoms with Crippen molar-refractivity contribution >= 4 is 39.9 Å². The summed E-state index contributed by atoms with van der Waals surface area (Å²) in [5, 5.41) is 2.89. The van der Waals surface area contributed by atoms with Gasteiger partial charge < -0.3 is 9.47 Å². The number of thiazole rings is 1. The molecular weight excluding hydrogens is 383 g/mol. The monoisotopic (exact) mass is 400 g/mol. The molecule has 2 rings (SSSR count). The van der Waals surface area contributed by atoms with Gasteiger partial charge >= 0.3 is 18.2 Å². The lowest BCUT2D eigenvalue weighted by Crippen LogP contribution is -2.28. The van der Waals surface area contributed by atoms with E-state index < -0.39 is 18.2 Å². The number of halogens is 2. The lowest BCUT2D eigenvalue weighted by molar-refractivity contribution is -0.129. The molecule has 0 aliphatic heterocycles. The molecule has 0 bridgehead atoms. The molecule has 1 aromatic heterocycles. The van der Waals surface area contributed by atoms with Gasteiger partial charge in [0.25, 0.3) is 0 Å². The summed E-state index contributed by atoms with van der Waals surface area (Å²) in [5.74, 6) is -1.46. The molecule has 140 valence electrons. The van der Waals surface area contributed by atoms with E-state index in [2.05, 4.69) is 10.3 Å². The summed E-state index contributed by atoms with van der Waals surface area (Å²) in [4.78, 5) is 28.5. The molecule has 1 atom stereocenters. The van der Waals surface area contributed by atoms with Crippen LogP contribution in [0, 0.1) is 0 Å². The van der Waals surface area contributed by atoms with Gasteiger partial charge in [0.1, 0.15) is 10.6 Å². The zero-order chi connectivity index (χ0) is 19.3. The van der Waals surface area contributed by atoms with E-state index in [4.69, 9.17) is 21.1 Å². The highest BCUT2D eigenvalue weighted by Gasteiger charge is 2.25. The largest absolute Gasteiger partial charge is 0.462 e. The first-order valence-electron chi connectivity index (χ1n) is 7.86. The lowest BCUT2D eigenvalue weighted by atomic mass is 10.1. The van der Waals surface area contributed by atoms with Gasteiger partial charge in [-0.25, -0.2) is 9.78 Å². The van der Waals surface area contributed by atoms with Crippen LogP contribution in [0.2, 0.25) is 5.02 Å². The van der Waals surface area contributed by atoms with Crippen LogP contribution >= 0.6 is 22.9 Å². The van der Waals surface area contributed by atoms with Crippen LogP contribution in [0.15, 0.2) is 24.3 Å². The average Bonchev–Trinajstić information content (AvgIpc) is 3.01. The normalized spacial score (nSPS) is 11.9. The molecule has 1 amide bonds. The minimum Gasteiger partial charge on any atom is -0.462 e. The van der Waals surface area contributed by atoms with Gasteiger partial charge in [-0.05, 0) is 37.1 Å². The molecule has 9 heteroatoms. The molecule has 0 saturated heterocycles. The third kappa shape index (κ3) is 5.15. The second-order valence-corrected chi connectivity index (χ2v) is 6.92. The first-order chi connectivity index (χ1) is 12.3. The maximum absolute atomic E-state index is 14.0. The van der Waals surface area contributed by atoms with Crippen LogP contribution in [0.3, 0.4) is 0 Å². The number of esters is 1. The van der Waals surface area contributed by atoms with E-state index in [1.165, 1.54) is 24.3 Å². The molecule has 1 N–H and O–H groups in total. The second-order valence-electron chi connectivity index (χ2n) is 5.49. The predicted molar refractivity (Wildman–Crippen MR) is 97.8 cm³/mol. The van der Waals surface area contributed by atoms with E-state index in [0.29, 0.717) is 10.7 Å². The molecule has 0 spiro atoms. The smallest absolute Gasteiger partial charge is 0.350 e. The Kier molecular flexibility index (Phi) is 6.93. The first kappa shape index (κ1) is 20.1. The maximum atomic E-state index is 14.0. The number of rotatable bonds is 7. The molecular formula is C17H18ClFN2O4S. The predicted octanol–water partition coefficient (Wildman–Crippen LogP) is 4.41. The zero-order valence-electron chi connectivity index (χ0n) is 14.4. The summed E-state index contributed by atoms with van der Waals surface area (Å²) in [5.41, 5.74) is 0.484. The number of hydrogen-bond acceptors (Lipinski definition) is 6. The number of benzene rings is 1.